The molecule has 0 radical (unpaired) electrons. The van der Waals surface area contributed by atoms with Crippen LogP contribution in [-0.4, -0.2) is 33.4 Å². The highest BCUT2D eigenvalue weighted by atomic mass is 16.6. The number of ether oxygens (including phenoxy) is 1. The van der Waals surface area contributed by atoms with Crippen LogP contribution in [0.3, 0.4) is 0 Å². The number of nitrogens with one attached hydrogen (secondary N) is 1. The number of amides is 2. The second-order valence-corrected chi connectivity index (χ2v) is 7.61. The molecule has 3 N–H and O–H groups in total. The van der Waals surface area contributed by atoms with Crippen molar-refractivity contribution in [2.24, 2.45) is 11.7 Å². The second kappa shape index (κ2) is 6.09. The Morgan fingerprint density at radius 2 is 1.96 bits per heavy atom. The molecule has 1 saturated carbocycles. The van der Waals surface area contributed by atoms with E-state index < -0.39 is 11.4 Å². The fourth-order valence-electron chi connectivity index (χ4n) is 4.50. The number of imidazole rings is 1. The molecule has 3 aliphatic rings. The maximum absolute atomic E-state index is 12.8. The van der Waals surface area contributed by atoms with Crippen LogP contribution >= 0.6 is 0 Å². The first kappa shape index (κ1) is 16.8. The molecular formula is C21H20N4O3. The first-order valence-corrected chi connectivity index (χ1v) is 9.34. The summed E-state index contributed by atoms with van der Waals surface area (Å²) in [5.74, 6) is 0.632. The van der Waals surface area contributed by atoms with Crippen molar-refractivity contribution in [1.82, 2.24) is 14.9 Å². The maximum atomic E-state index is 12.8. The number of hydrogen-bond acceptors (Lipinski definition) is 4. The summed E-state index contributed by atoms with van der Waals surface area (Å²) in [6, 6.07) is 14.9. The SMILES string of the molecule is NC(=O)c1cccc2[nH]c(C34CC(CN3C(=O)OCc3ccccc3)C4)nc12. The van der Waals surface area contributed by atoms with Gasteiger partial charge in [-0.1, -0.05) is 36.4 Å². The third-order valence-electron chi connectivity index (χ3n) is 5.85. The number of nitrogens with zero attached hydrogens (tertiary/aromatic N) is 2. The van der Waals surface area contributed by atoms with Gasteiger partial charge in [-0.05, 0) is 36.5 Å². The molecule has 1 aromatic heterocycles. The Bertz CT molecular complexity index is 1070. The van der Waals surface area contributed by atoms with Gasteiger partial charge in [-0.15, -0.1) is 0 Å². The minimum Gasteiger partial charge on any atom is -0.445 e. The van der Waals surface area contributed by atoms with E-state index in [9.17, 15) is 9.59 Å². The fourth-order valence-corrected chi connectivity index (χ4v) is 4.50. The van der Waals surface area contributed by atoms with Crippen LogP contribution in [0.25, 0.3) is 11.0 Å². The molecule has 28 heavy (non-hydrogen) atoms. The lowest BCUT2D eigenvalue weighted by atomic mass is 9.73. The summed E-state index contributed by atoms with van der Waals surface area (Å²) in [6.45, 7) is 0.899. The van der Waals surface area contributed by atoms with Gasteiger partial charge in [-0.25, -0.2) is 9.78 Å². The summed E-state index contributed by atoms with van der Waals surface area (Å²) in [4.78, 5) is 34.3. The van der Waals surface area contributed by atoms with Crippen molar-refractivity contribution >= 4 is 23.0 Å². The number of primary amides is 1. The Hall–Kier alpha value is -3.35. The van der Waals surface area contributed by atoms with E-state index in [0.29, 0.717) is 29.4 Å². The van der Waals surface area contributed by atoms with E-state index in [0.717, 1.165) is 23.9 Å². The van der Waals surface area contributed by atoms with Crippen LogP contribution in [0.1, 0.15) is 34.6 Å². The van der Waals surface area contributed by atoms with Gasteiger partial charge >= 0.3 is 6.09 Å². The molecule has 3 aromatic rings. The highest BCUT2D eigenvalue weighted by molar-refractivity contribution is 6.04. The van der Waals surface area contributed by atoms with Crippen LogP contribution < -0.4 is 5.73 Å². The third kappa shape index (κ3) is 2.46. The molecule has 6 rings (SSSR count). The summed E-state index contributed by atoms with van der Waals surface area (Å²) < 4.78 is 5.56. The number of H-pyrrole nitrogens is 1. The third-order valence-corrected chi connectivity index (χ3v) is 5.85. The Labute approximate surface area is 161 Å². The van der Waals surface area contributed by atoms with Gasteiger partial charge in [0.15, 0.2) is 0 Å². The average molecular weight is 376 g/mol. The average Bonchev–Trinajstić information content (AvgIpc) is 3.36. The quantitative estimate of drug-likeness (QED) is 0.731. The van der Waals surface area contributed by atoms with Crippen LogP contribution in [0.4, 0.5) is 4.79 Å². The van der Waals surface area contributed by atoms with Crippen LogP contribution in [0.5, 0.6) is 0 Å². The van der Waals surface area contributed by atoms with E-state index in [1.807, 2.05) is 36.4 Å². The topological polar surface area (TPSA) is 101 Å². The molecule has 3 heterocycles. The standard InChI is InChI=1S/C21H20N4O3/c22-18(26)15-7-4-8-16-17(15)24-19(23-16)21-9-14(10-21)11-25(21)20(27)28-12-13-5-2-1-3-6-13/h1-8,14H,9-12H2,(H2,22,26)(H,23,24). The number of para-hydroxylation sites is 1. The summed E-state index contributed by atoms with van der Waals surface area (Å²) in [5, 5.41) is 0. The van der Waals surface area contributed by atoms with Gasteiger partial charge in [0.05, 0.1) is 11.1 Å². The van der Waals surface area contributed by atoms with E-state index >= 15 is 0 Å². The van der Waals surface area contributed by atoms with Crippen LogP contribution in [0.15, 0.2) is 48.5 Å². The number of carbonyl (C=O) groups is 2. The molecule has 3 fully saturated rings. The number of aromatic amines is 1. The summed E-state index contributed by atoms with van der Waals surface area (Å²) in [7, 11) is 0. The van der Waals surface area contributed by atoms with Crippen molar-refractivity contribution in [3.05, 3.63) is 65.5 Å². The highest BCUT2D eigenvalue weighted by Crippen LogP contribution is 2.56. The molecule has 2 aromatic carbocycles. The van der Waals surface area contributed by atoms with Gasteiger partial charge in [0.25, 0.3) is 5.91 Å². The van der Waals surface area contributed by atoms with Gasteiger partial charge in [0.2, 0.25) is 0 Å². The molecule has 142 valence electrons. The molecule has 7 nitrogen and oxygen atoms in total. The fraction of sp³-hybridized carbons (Fsp3) is 0.286. The molecule has 2 bridgehead atoms. The zero-order valence-corrected chi connectivity index (χ0v) is 15.2. The lowest BCUT2D eigenvalue weighted by Crippen LogP contribution is -2.46. The van der Waals surface area contributed by atoms with E-state index in [1.165, 1.54) is 0 Å². The molecule has 0 spiro atoms. The molecule has 0 atom stereocenters. The lowest BCUT2D eigenvalue weighted by molar-refractivity contribution is 0.0538. The van der Waals surface area contributed by atoms with Crippen LogP contribution in [-0.2, 0) is 16.9 Å². The second-order valence-electron chi connectivity index (χ2n) is 7.61. The zero-order chi connectivity index (χ0) is 19.3. The predicted molar refractivity (Wildman–Crippen MR) is 102 cm³/mol. The first-order chi connectivity index (χ1) is 13.6. The molecule has 2 aliphatic heterocycles. The molecule has 1 aliphatic carbocycles. The Morgan fingerprint density at radius 3 is 2.71 bits per heavy atom. The van der Waals surface area contributed by atoms with Crippen molar-refractivity contribution in [2.75, 3.05) is 6.54 Å². The number of rotatable bonds is 4. The van der Waals surface area contributed by atoms with Gasteiger partial charge < -0.3 is 15.5 Å². The molecule has 2 saturated heterocycles. The largest absolute Gasteiger partial charge is 0.445 e. The highest BCUT2D eigenvalue weighted by Gasteiger charge is 2.61. The Kier molecular flexibility index (Phi) is 3.65. The minimum atomic E-state index is -0.516. The van der Waals surface area contributed by atoms with Gasteiger partial charge in [-0.2, -0.15) is 0 Å². The summed E-state index contributed by atoms with van der Waals surface area (Å²) in [6.07, 6.45) is 1.36. The normalized spacial score (nSPS) is 22.9. The van der Waals surface area contributed by atoms with Crippen LogP contribution in [0.2, 0.25) is 0 Å². The molecule has 2 amide bonds. The first-order valence-electron chi connectivity index (χ1n) is 9.34. The number of carbonyl (C=O) groups excluding carboxylic acids is 2. The van der Waals surface area contributed by atoms with Gasteiger partial charge in [0, 0.05) is 6.54 Å². The number of benzene rings is 2. The smallest absolute Gasteiger partial charge is 0.410 e. The Balaban J connectivity index is 1.43. The summed E-state index contributed by atoms with van der Waals surface area (Å²) >= 11 is 0. The maximum Gasteiger partial charge on any atom is 0.410 e. The Morgan fingerprint density at radius 1 is 1.18 bits per heavy atom. The van der Waals surface area contributed by atoms with E-state index in [4.69, 9.17) is 10.5 Å². The summed E-state index contributed by atoms with van der Waals surface area (Å²) in [5.41, 5.74) is 7.61. The number of hydrogen-bond donors (Lipinski definition) is 2. The predicted octanol–water partition coefficient (Wildman–Crippen LogP) is 2.92. The zero-order valence-electron chi connectivity index (χ0n) is 15.2. The van der Waals surface area contributed by atoms with Crippen molar-refractivity contribution in [1.29, 1.82) is 0 Å². The van der Waals surface area contributed by atoms with Crippen LogP contribution in [0, 0.1) is 5.92 Å². The van der Waals surface area contributed by atoms with Gasteiger partial charge in [0.1, 0.15) is 23.5 Å². The van der Waals surface area contributed by atoms with Crippen molar-refractivity contribution < 1.29 is 14.3 Å². The molecular weight excluding hydrogens is 356 g/mol. The van der Waals surface area contributed by atoms with Crippen molar-refractivity contribution in [3.63, 3.8) is 0 Å². The number of fused-ring (bicyclic) bond motifs is 2. The van der Waals surface area contributed by atoms with Gasteiger partial charge in [-0.3, -0.25) is 9.69 Å². The van der Waals surface area contributed by atoms with E-state index in [1.54, 1.807) is 17.0 Å². The molecule has 0 unspecified atom stereocenters. The molecule has 7 heteroatoms. The van der Waals surface area contributed by atoms with Crippen molar-refractivity contribution in [3.8, 4) is 0 Å². The minimum absolute atomic E-state index is 0.239. The number of aromatic nitrogens is 2. The lowest BCUT2D eigenvalue weighted by Gasteiger charge is -2.39. The van der Waals surface area contributed by atoms with Crippen molar-refractivity contribution in [2.45, 2.75) is 25.0 Å². The van der Waals surface area contributed by atoms with E-state index in [-0.39, 0.29) is 12.7 Å². The monoisotopic (exact) mass is 376 g/mol. The van der Waals surface area contributed by atoms with E-state index in [2.05, 4.69) is 9.97 Å². The number of nitrogens with two attached hydrogens (primary N) is 1.